The Bertz CT molecular complexity index is 714. The molecule has 1 atom stereocenters. The van der Waals surface area contributed by atoms with E-state index in [2.05, 4.69) is 20.8 Å². The molecular formula is C15H19N5O3S. The molecule has 2 rings (SSSR count). The molecule has 1 aromatic heterocycles. The van der Waals surface area contributed by atoms with Gasteiger partial charge in [0, 0.05) is 19.7 Å². The summed E-state index contributed by atoms with van der Waals surface area (Å²) in [6.07, 6.45) is 0. The number of methoxy groups -OCH3 is 1. The van der Waals surface area contributed by atoms with Gasteiger partial charge in [-0.25, -0.2) is 4.79 Å². The highest BCUT2D eigenvalue weighted by Gasteiger charge is 2.18. The largest absolute Gasteiger partial charge is 0.497 e. The number of hydrogen-bond acceptors (Lipinski definition) is 6. The van der Waals surface area contributed by atoms with Gasteiger partial charge in [-0.1, -0.05) is 11.3 Å². The van der Waals surface area contributed by atoms with Crippen molar-refractivity contribution >= 4 is 28.4 Å². The van der Waals surface area contributed by atoms with Gasteiger partial charge in [0.2, 0.25) is 11.0 Å². The monoisotopic (exact) mass is 349 g/mol. The lowest BCUT2D eigenvalue weighted by Gasteiger charge is -2.16. The molecule has 24 heavy (non-hydrogen) atoms. The van der Waals surface area contributed by atoms with E-state index < -0.39 is 6.04 Å². The minimum absolute atomic E-state index is 0.339. The van der Waals surface area contributed by atoms with Gasteiger partial charge in [-0.05, 0) is 31.2 Å². The summed E-state index contributed by atoms with van der Waals surface area (Å²) in [5.74, 6) is 0.393. The van der Waals surface area contributed by atoms with Crippen LogP contribution in [0.1, 0.15) is 6.92 Å². The molecule has 9 heteroatoms. The molecule has 0 aliphatic rings. The second-order valence-electron chi connectivity index (χ2n) is 5.20. The minimum atomic E-state index is -0.687. The number of rotatable bonds is 5. The van der Waals surface area contributed by atoms with Crippen molar-refractivity contribution in [3.8, 4) is 16.3 Å². The molecule has 3 amide bonds. The van der Waals surface area contributed by atoms with Crippen molar-refractivity contribution in [1.82, 2.24) is 20.4 Å². The third-order valence-electron chi connectivity index (χ3n) is 3.13. The van der Waals surface area contributed by atoms with Gasteiger partial charge in [0.15, 0.2) is 0 Å². The van der Waals surface area contributed by atoms with Crippen molar-refractivity contribution in [2.75, 3.05) is 26.5 Å². The van der Waals surface area contributed by atoms with Gasteiger partial charge in [0.05, 0.1) is 7.11 Å². The topological polar surface area (TPSA) is 96.5 Å². The molecule has 0 saturated carbocycles. The molecule has 0 fully saturated rings. The molecular weight excluding hydrogens is 330 g/mol. The molecule has 8 nitrogen and oxygen atoms in total. The number of aromatic nitrogens is 2. The van der Waals surface area contributed by atoms with Gasteiger partial charge < -0.3 is 15.0 Å². The van der Waals surface area contributed by atoms with Crippen molar-refractivity contribution in [3.05, 3.63) is 24.3 Å². The molecule has 128 valence electrons. The maximum absolute atomic E-state index is 12.1. The van der Waals surface area contributed by atoms with Gasteiger partial charge in [-0.2, -0.15) is 0 Å². The van der Waals surface area contributed by atoms with E-state index in [9.17, 15) is 9.59 Å². The Hall–Kier alpha value is -2.68. The molecule has 1 aromatic carbocycles. The lowest BCUT2D eigenvalue weighted by atomic mass is 10.2. The predicted molar refractivity (Wildman–Crippen MR) is 92.2 cm³/mol. The van der Waals surface area contributed by atoms with E-state index in [0.717, 1.165) is 11.3 Å². The SMILES string of the molecule is COc1ccc(-c2nnc(NC(=O)C(C)NC(=O)N(C)C)s2)cc1. The minimum Gasteiger partial charge on any atom is -0.497 e. The fraction of sp³-hybridized carbons (Fsp3) is 0.333. The van der Waals surface area contributed by atoms with E-state index >= 15 is 0 Å². The zero-order valence-electron chi connectivity index (χ0n) is 13.9. The quantitative estimate of drug-likeness (QED) is 0.858. The highest BCUT2D eigenvalue weighted by molar-refractivity contribution is 7.18. The Labute approximate surface area is 143 Å². The Morgan fingerprint density at radius 1 is 1.21 bits per heavy atom. The van der Waals surface area contributed by atoms with Crippen molar-refractivity contribution < 1.29 is 14.3 Å². The molecule has 0 bridgehead atoms. The van der Waals surface area contributed by atoms with Crippen LogP contribution in [0.4, 0.5) is 9.93 Å². The zero-order valence-corrected chi connectivity index (χ0v) is 14.7. The first-order valence-corrected chi connectivity index (χ1v) is 7.99. The molecule has 0 aliphatic heterocycles. The number of nitrogens with one attached hydrogen (secondary N) is 2. The summed E-state index contributed by atoms with van der Waals surface area (Å²) in [5.41, 5.74) is 0.878. The highest BCUT2D eigenvalue weighted by atomic mass is 32.1. The van der Waals surface area contributed by atoms with Crippen LogP contribution in [0.3, 0.4) is 0 Å². The Balaban J connectivity index is 2.00. The number of ether oxygens (including phenoxy) is 1. The van der Waals surface area contributed by atoms with Crippen LogP contribution >= 0.6 is 11.3 Å². The number of anilines is 1. The standard InChI is InChI=1S/C15H19N5O3S/c1-9(16-15(22)20(2)3)12(21)17-14-19-18-13(24-14)10-5-7-11(23-4)8-6-10/h5-9H,1-4H3,(H,16,22)(H,17,19,21). The summed E-state index contributed by atoms with van der Waals surface area (Å²) in [6.45, 7) is 1.60. The number of hydrogen-bond donors (Lipinski definition) is 2. The average Bonchev–Trinajstić information content (AvgIpc) is 3.03. The van der Waals surface area contributed by atoms with Crippen LogP contribution in [0, 0.1) is 0 Å². The second kappa shape index (κ2) is 7.73. The first-order valence-electron chi connectivity index (χ1n) is 7.17. The number of nitrogens with zero attached hydrogens (tertiary/aromatic N) is 3. The normalized spacial score (nSPS) is 11.5. The molecule has 0 spiro atoms. The first-order chi connectivity index (χ1) is 11.4. The molecule has 0 saturated heterocycles. The average molecular weight is 349 g/mol. The van der Waals surface area contributed by atoms with Crippen LogP contribution in [0.5, 0.6) is 5.75 Å². The van der Waals surface area contributed by atoms with Crippen LogP contribution < -0.4 is 15.4 Å². The summed E-state index contributed by atoms with van der Waals surface area (Å²) in [4.78, 5) is 25.0. The van der Waals surface area contributed by atoms with Gasteiger partial charge in [-0.15, -0.1) is 10.2 Å². The van der Waals surface area contributed by atoms with Crippen molar-refractivity contribution in [1.29, 1.82) is 0 Å². The van der Waals surface area contributed by atoms with Crippen molar-refractivity contribution in [3.63, 3.8) is 0 Å². The van der Waals surface area contributed by atoms with Crippen LogP contribution in [0.25, 0.3) is 10.6 Å². The van der Waals surface area contributed by atoms with Gasteiger partial charge >= 0.3 is 6.03 Å². The molecule has 1 unspecified atom stereocenters. The smallest absolute Gasteiger partial charge is 0.317 e. The number of amides is 3. The molecule has 2 aromatic rings. The third-order valence-corrected chi connectivity index (χ3v) is 4.02. The van der Waals surface area contributed by atoms with Crippen LogP contribution in [-0.4, -0.2) is 54.3 Å². The third kappa shape index (κ3) is 4.42. The van der Waals surface area contributed by atoms with Crippen LogP contribution in [0.2, 0.25) is 0 Å². The number of urea groups is 1. The van der Waals surface area contributed by atoms with E-state index in [0.29, 0.717) is 10.1 Å². The van der Waals surface area contributed by atoms with E-state index in [4.69, 9.17) is 4.74 Å². The summed E-state index contributed by atoms with van der Waals surface area (Å²) in [7, 11) is 4.81. The van der Waals surface area contributed by atoms with E-state index in [1.807, 2.05) is 24.3 Å². The summed E-state index contributed by atoms with van der Waals surface area (Å²) in [6, 6.07) is 6.36. The fourth-order valence-corrected chi connectivity index (χ4v) is 2.47. The lowest BCUT2D eigenvalue weighted by molar-refractivity contribution is -0.117. The Kier molecular flexibility index (Phi) is 5.69. The summed E-state index contributed by atoms with van der Waals surface area (Å²) in [5, 5.41) is 14.3. The van der Waals surface area contributed by atoms with Gasteiger partial charge in [0.25, 0.3) is 0 Å². The van der Waals surface area contributed by atoms with Gasteiger partial charge in [-0.3, -0.25) is 10.1 Å². The maximum Gasteiger partial charge on any atom is 0.317 e. The van der Waals surface area contributed by atoms with Gasteiger partial charge in [0.1, 0.15) is 16.8 Å². The Morgan fingerprint density at radius 2 is 1.88 bits per heavy atom. The first kappa shape index (κ1) is 17.7. The maximum atomic E-state index is 12.1. The molecule has 0 radical (unpaired) electrons. The zero-order chi connectivity index (χ0) is 17.7. The summed E-state index contributed by atoms with van der Waals surface area (Å²) >= 11 is 1.25. The second-order valence-corrected chi connectivity index (χ2v) is 6.17. The van der Waals surface area contributed by atoms with E-state index in [-0.39, 0.29) is 11.9 Å². The Morgan fingerprint density at radius 3 is 2.46 bits per heavy atom. The van der Waals surface area contributed by atoms with Crippen molar-refractivity contribution in [2.45, 2.75) is 13.0 Å². The molecule has 1 heterocycles. The molecule has 0 aliphatic carbocycles. The predicted octanol–water partition coefficient (Wildman–Crippen LogP) is 1.81. The van der Waals surface area contributed by atoms with Crippen molar-refractivity contribution in [2.24, 2.45) is 0 Å². The lowest BCUT2D eigenvalue weighted by Crippen LogP contribution is -2.45. The molecule has 2 N–H and O–H groups in total. The van der Waals surface area contributed by atoms with Crippen LogP contribution in [0.15, 0.2) is 24.3 Å². The highest BCUT2D eigenvalue weighted by Crippen LogP contribution is 2.27. The van der Waals surface area contributed by atoms with E-state index in [1.165, 1.54) is 16.2 Å². The summed E-state index contributed by atoms with van der Waals surface area (Å²) < 4.78 is 5.11. The number of benzene rings is 1. The van der Waals surface area contributed by atoms with Crippen LogP contribution in [-0.2, 0) is 4.79 Å². The van der Waals surface area contributed by atoms with E-state index in [1.54, 1.807) is 28.1 Å². The fourth-order valence-electron chi connectivity index (χ4n) is 1.72. The number of carbonyl (C=O) groups excluding carboxylic acids is 2. The number of carbonyl (C=O) groups is 2.